The second-order valence-corrected chi connectivity index (χ2v) is 8.07. The number of aryl methyl sites for hydroxylation is 4. The van der Waals surface area contributed by atoms with Crippen LogP contribution in [0.15, 0.2) is 48.3 Å². The molecule has 4 rings (SSSR count). The molecule has 1 N–H and O–H groups in total. The third kappa shape index (κ3) is 3.51. The third-order valence-corrected chi connectivity index (χ3v) is 5.65. The summed E-state index contributed by atoms with van der Waals surface area (Å²) in [6.45, 7) is 10.2. The topological polar surface area (TPSA) is 84.3 Å². The van der Waals surface area contributed by atoms with E-state index in [1.165, 1.54) is 18.0 Å². The molecular formula is C25H24N4O3. The maximum Gasteiger partial charge on any atom is 0.335 e. The van der Waals surface area contributed by atoms with Crippen LogP contribution in [0.3, 0.4) is 0 Å². The van der Waals surface area contributed by atoms with Crippen LogP contribution in [0.1, 0.15) is 33.6 Å². The summed E-state index contributed by atoms with van der Waals surface area (Å²) in [6, 6.07) is 8.51. The fourth-order valence-electron chi connectivity index (χ4n) is 4.34. The molecular weight excluding hydrogens is 404 g/mol. The molecule has 7 heteroatoms. The number of aromatic nitrogens is 2. The predicted octanol–water partition coefficient (Wildman–Crippen LogP) is 4.08. The van der Waals surface area contributed by atoms with E-state index in [1.807, 2.05) is 19.9 Å². The largest absolute Gasteiger partial charge is 0.335 e. The van der Waals surface area contributed by atoms with Gasteiger partial charge in [-0.2, -0.15) is 0 Å². The first kappa shape index (κ1) is 21.2. The van der Waals surface area contributed by atoms with E-state index < -0.39 is 17.8 Å². The summed E-state index contributed by atoms with van der Waals surface area (Å²) in [6.07, 6.45) is 4.52. The Labute approximate surface area is 186 Å². The standard InChI is InChI=1S/C25H24N4O3/c1-14-10-15(2)22(16(3)11-14)28-17(4)12-19(18(28)5)13-21-23(30)27-25(32)29(24(21)31)20-6-8-26-9-7-20/h6-13H,1-5H3,(H,27,30,32)/b21-13+. The number of rotatable bonds is 3. The quantitative estimate of drug-likeness (QED) is 0.503. The normalized spacial score (nSPS) is 15.5. The highest BCUT2D eigenvalue weighted by Gasteiger charge is 2.37. The van der Waals surface area contributed by atoms with Crippen molar-refractivity contribution in [3.05, 3.63) is 81.9 Å². The first-order valence-corrected chi connectivity index (χ1v) is 10.3. The first-order valence-electron chi connectivity index (χ1n) is 10.3. The van der Waals surface area contributed by atoms with E-state index in [1.54, 1.807) is 18.2 Å². The van der Waals surface area contributed by atoms with Gasteiger partial charge in [0.1, 0.15) is 5.57 Å². The van der Waals surface area contributed by atoms with E-state index in [9.17, 15) is 14.4 Å². The SMILES string of the molecule is Cc1cc(C)c(-n2c(C)cc(/C=C3\C(=O)NC(=O)N(c4ccncc4)C3=O)c2C)c(C)c1. The van der Waals surface area contributed by atoms with Gasteiger partial charge in [0.25, 0.3) is 11.8 Å². The minimum Gasteiger partial charge on any atom is -0.317 e. The van der Waals surface area contributed by atoms with Gasteiger partial charge in [-0.25, -0.2) is 9.69 Å². The average molecular weight is 428 g/mol. The van der Waals surface area contributed by atoms with Crippen molar-refractivity contribution in [3.8, 4) is 5.69 Å². The highest BCUT2D eigenvalue weighted by Crippen LogP contribution is 2.29. The number of hydrogen-bond acceptors (Lipinski definition) is 4. The minimum atomic E-state index is -0.778. The van der Waals surface area contributed by atoms with E-state index in [0.29, 0.717) is 5.69 Å². The smallest absolute Gasteiger partial charge is 0.317 e. The fraction of sp³-hybridized carbons (Fsp3) is 0.200. The Hall–Kier alpha value is -4.00. The van der Waals surface area contributed by atoms with E-state index in [2.05, 4.69) is 47.8 Å². The number of carbonyl (C=O) groups is 3. The average Bonchev–Trinajstić information content (AvgIpc) is 2.99. The van der Waals surface area contributed by atoms with E-state index in [4.69, 9.17) is 0 Å². The van der Waals surface area contributed by atoms with Crippen LogP contribution in [-0.4, -0.2) is 27.4 Å². The van der Waals surface area contributed by atoms with Crippen molar-refractivity contribution < 1.29 is 14.4 Å². The molecule has 1 aliphatic heterocycles. The lowest BCUT2D eigenvalue weighted by Gasteiger charge is -2.26. The minimum absolute atomic E-state index is 0.0981. The molecule has 1 aromatic carbocycles. The number of carbonyl (C=O) groups excluding carboxylic acids is 3. The Morgan fingerprint density at radius 2 is 1.53 bits per heavy atom. The number of hydrogen-bond donors (Lipinski definition) is 1. The van der Waals surface area contributed by atoms with Gasteiger partial charge >= 0.3 is 6.03 Å². The summed E-state index contributed by atoms with van der Waals surface area (Å²) in [5.41, 5.74) is 7.44. The van der Waals surface area contributed by atoms with Gasteiger partial charge in [0.15, 0.2) is 0 Å². The number of nitrogens with zero attached hydrogens (tertiary/aromatic N) is 3. The van der Waals surface area contributed by atoms with Gasteiger partial charge in [0.05, 0.1) is 11.4 Å². The molecule has 0 spiro atoms. The summed E-state index contributed by atoms with van der Waals surface area (Å²) in [4.78, 5) is 42.9. The molecule has 0 unspecified atom stereocenters. The van der Waals surface area contributed by atoms with Crippen molar-refractivity contribution in [2.75, 3.05) is 4.90 Å². The van der Waals surface area contributed by atoms with Crippen molar-refractivity contribution in [2.45, 2.75) is 34.6 Å². The number of imide groups is 2. The number of nitrogens with one attached hydrogen (secondary N) is 1. The van der Waals surface area contributed by atoms with Crippen molar-refractivity contribution in [3.63, 3.8) is 0 Å². The van der Waals surface area contributed by atoms with Crippen LogP contribution in [-0.2, 0) is 9.59 Å². The number of barbiturate groups is 1. The number of benzene rings is 1. The zero-order valence-electron chi connectivity index (χ0n) is 18.7. The molecule has 162 valence electrons. The van der Waals surface area contributed by atoms with Crippen molar-refractivity contribution in [1.29, 1.82) is 0 Å². The lowest BCUT2D eigenvalue weighted by molar-refractivity contribution is -0.122. The molecule has 4 amide bonds. The second kappa shape index (κ2) is 7.92. The summed E-state index contributed by atoms with van der Waals surface area (Å²) in [7, 11) is 0. The fourth-order valence-corrected chi connectivity index (χ4v) is 4.34. The van der Waals surface area contributed by atoms with E-state index in [0.717, 1.165) is 38.7 Å². The predicted molar refractivity (Wildman–Crippen MR) is 123 cm³/mol. The van der Waals surface area contributed by atoms with Crippen molar-refractivity contribution >= 4 is 29.6 Å². The first-order chi connectivity index (χ1) is 15.2. The summed E-state index contributed by atoms with van der Waals surface area (Å²) >= 11 is 0. The molecule has 3 aromatic rings. The monoisotopic (exact) mass is 428 g/mol. The Kier molecular flexibility index (Phi) is 5.26. The van der Waals surface area contributed by atoms with Crippen LogP contribution < -0.4 is 10.2 Å². The molecule has 1 aliphatic rings. The number of pyridine rings is 1. The van der Waals surface area contributed by atoms with Crippen LogP contribution in [0.5, 0.6) is 0 Å². The molecule has 0 bridgehead atoms. The molecule has 32 heavy (non-hydrogen) atoms. The second-order valence-electron chi connectivity index (χ2n) is 8.07. The maximum atomic E-state index is 13.1. The van der Waals surface area contributed by atoms with Crippen molar-refractivity contribution in [2.24, 2.45) is 0 Å². The molecule has 7 nitrogen and oxygen atoms in total. The van der Waals surface area contributed by atoms with Crippen LogP contribution >= 0.6 is 0 Å². The zero-order valence-corrected chi connectivity index (χ0v) is 18.7. The highest BCUT2D eigenvalue weighted by atomic mass is 16.2. The number of urea groups is 1. The van der Waals surface area contributed by atoms with Gasteiger partial charge in [-0.3, -0.25) is 19.9 Å². The van der Waals surface area contributed by atoms with Crippen LogP contribution in [0.25, 0.3) is 11.8 Å². The molecule has 3 heterocycles. The van der Waals surface area contributed by atoms with Gasteiger partial charge in [-0.05, 0) is 75.6 Å². The highest BCUT2D eigenvalue weighted by molar-refractivity contribution is 6.39. The Balaban J connectivity index is 1.81. The maximum absolute atomic E-state index is 13.1. The molecule has 0 aliphatic carbocycles. The van der Waals surface area contributed by atoms with E-state index in [-0.39, 0.29) is 5.57 Å². The molecule has 0 atom stereocenters. The van der Waals surface area contributed by atoms with Gasteiger partial charge in [0.2, 0.25) is 0 Å². The van der Waals surface area contributed by atoms with Gasteiger partial charge in [-0.1, -0.05) is 17.7 Å². The molecule has 1 fully saturated rings. The van der Waals surface area contributed by atoms with Crippen molar-refractivity contribution in [1.82, 2.24) is 14.9 Å². The number of amides is 4. The van der Waals surface area contributed by atoms with E-state index >= 15 is 0 Å². The molecule has 1 saturated heterocycles. The van der Waals surface area contributed by atoms with Crippen LogP contribution in [0.2, 0.25) is 0 Å². The Morgan fingerprint density at radius 3 is 2.16 bits per heavy atom. The number of anilines is 1. The molecule has 0 saturated carbocycles. The summed E-state index contributed by atoms with van der Waals surface area (Å²) in [5, 5.41) is 2.26. The Bertz CT molecular complexity index is 1280. The van der Waals surface area contributed by atoms with Crippen LogP contribution in [0.4, 0.5) is 10.5 Å². The lowest BCUT2D eigenvalue weighted by atomic mass is 10.0. The van der Waals surface area contributed by atoms with Crippen LogP contribution in [0, 0.1) is 34.6 Å². The summed E-state index contributed by atoms with van der Waals surface area (Å²) < 4.78 is 2.13. The van der Waals surface area contributed by atoms with Gasteiger partial charge in [0, 0.05) is 23.8 Å². The summed E-state index contributed by atoms with van der Waals surface area (Å²) in [5.74, 6) is -1.38. The van der Waals surface area contributed by atoms with Gasteiger partial charge < -0.3 is 4.57 Å². The molecule has 2 aromatic heterocycles. The molecule has 0 radical (unpaired) electrons. The zero-order chi connectivity index (χ0) is 23.2. The third-order valence-electron chi connectivity index (χ3n) is 5.65. The Morgan fingerprint density at radius 1 is 0.906 bits per heavy atom. The lowest BCUT2D eigenvalue weighted by Crippen LogP contribution is -2.54. The van der Waals surface area contributed by atoms with Gasteiger partial charge in [-0.15, -0.1) is 0 Å².